The third-order valence-electron chi connectivity index (χ3n) is 6.24. The van der Waals surface area contributed by atoms with Crippen LogP contribution in [0.15, 0.2) is 35.1 Å². The van der Waals surface area contributed by atoms with Crippen LogP contribution in [0.5, 0.6) is 0 Å². The van der Waals surface area contributed by atoms with E-state index in [0.29, 0.717) is 23.6 Å². The SMILES string of the molecule is CCN1C(=O)C(C)(C)C(=O)N(C)c2cc(CN(Cc3ccc(=O)[nH]c3C)C(=O)OC(C)(C)C)ccc21. The number of rotatable bonds is 5. The molecule has 194 valence electrons. The number of nitrogens with one attached hydrogen (secondary N) is 1. The Morgan fingerprint density at radius 1 is 1.03 bits per heavy atom. The second kappa shape index (κ2) is 9.79. The lowest BCUT2D eigenvalue weighted by Crippen LogP contribution is -2.47. The number of pyridine rings is 1. The normalized spacial score (nSPS) is 15.4. The van der Waals surface area contributed by atoms with E-state index in [1.54, 1.807) is 64.5 Å². The number of H-pyrrole nitrogens is 1. The minimum Gasteiger partial charge on any atom is -0.444 e. The summed E-state index contributed by atoms with van der Waals surface area (Å²) in [5, 5.41) is 0. The standard InChI is InChI=1S/C27H36N4O5/c1-9-31-20-12-10-18(14-21(20)29(8)23(33)27(6,7)24(31)34)15-30(25(35)36-26(3,4)5)16-19-11-13-22(32)28-17(19)2/h10-14H,9,15-16H2,1-8H3,(H,28,32). The minimum absolute atomic E-state index is 0.201. The van der Waals surface area contributed by atoms with Crippen LogP contribution in [0.25, 0.3) is 0 Å². The quantitative estimate of drug-likeness (QED) is 0.631. The number of aromatic nitrogens is 1. The van der Waals surface area contributed by atoms with E-state index in [0.717, 1.165) is 11.1 Å². The maximum Gasteiger partial charge on any atom is 0.410 e. The van der Waals surface area contributed by atoms with Crippen molar-refractivity contribution in [3.8, 4) is 0 Å². The molecular weight excluding hydrogens is 460 g/mol. The van der Waals surface area contributed by atoms with Gasteiger partial charge in [0.1, 0.15) is 11.0 Å². The van der Waals surface area contributed by atoms with Gasteiger partial charge in [0.2, 0.25) is 17.4 Å². The van der Waals surface area contributed by atoms with Crippen molar-refractivity contribution in [2.45, 2.75) is 67.2 Å². The van der Waals surface area contributed by atoms with Gasteiger partial charge in [0, 0.05) is 31.9 Å². The topological polar surface area (TPSA) is 103 Å². The molecule has 0 unspecified atom stereocenters. The van der Waals surface area contributed by atoms with Crippen LogP contribution < -0.4 is 15.4 Å². The number of benzene rings is 1. The highest BCUT2D eigenvalue weighted by Gasteiger charge is 2.45. The molecule has 0 saturated carbocycles. The summed E-state index contributed by atoms with van der Waals surface area (Å²) in [6.07, 6.45) is -0.501. The van der Waals surface area contributed by atoms with Crippen molar-refractivity contribution >= 4 is 29.3 Å². The number of nitrogens with zero attached hydrogens (tertiary/aromatic N) is 3. The zero-order chi connectivity index (χ0) is 27.0. The maximum absolute atomic E-state index is 13.2. The number of hydrogen-bond acceptors (Lipinski definition) is 5. The monoisotopic (exact) mass is 496 g/mol. The molecule has 1 aliphatic heterocycles. The molecule has 1 aliphatic rings. The van der Waals surface area contributed by atoms with Crippen molar-refractivity contribution in [2.24, 2.45) is 5.41 Å². The molecule has 9 nitrogen and oxygen atoms in total. The number of amides is 3. The Kier molecular flexibility index (Phi) is 7.34. The number of aromatic amines is 1. The first-order valence-corrected chi connectivity index (χ1v) is 12.1. The van der Waals surface area contributed by atoms with E-state index < -0.39 is 17.1 Å². The number of hydrogen-bond donors (Lipinski definition) is 1. The van der Waals surface area contributed by atoms with Crippen molar-refractivity contribution in [2.75, 3.05) is 23.4 Å². The molecule has 2 aromatic rings. The molecule has 9 heteroatoms. The number of ether oxygens (including phenoxy) is 1. The van der Waals surface area contributed by atoms with Crippen LogP contribution in [0.2, 0.25) is 0 Å². The van der Waals surface area contributed by atoms with Gasteiger partial charge in [0.05, 0.1) is 17.9 Å². The van der Waals surface area contributed by atoms with Crippen molar-refractivity contribution in [1.29, 1.82) is 0 Å². The van der Waals surface area contributed by atoms with Crippen LogP contribution in [0.3, 0.4) is 0 Å². The summed E-state index contributed by atoms with van der Waals surface area (Å²) in [4.78, 5) is 58.6. The Hall–Kier alpha value is -3.62. The smallest absolute Gasteiger partial charge is 0.410 e. The van der Waals surface area contributed by atoms with Crippen LogP contribution in [0.4, 0.5) is 16.2 Å². The fourth-order valence-electron chi connectivity index (χ4n) is 4.26. The Labute approximate surface area is 212 Å². The van der Waals surface area contributed by atoms with Crippen LogP contribution in [0, 0.1) is 12.3 Å². The van der Waals surface area contributed by atoms with Gasteiger partial charge in [0.15, 0.2) is 0 Å². The van der Waals surface area contributed by atoms with Gasteiger partial charge in [-0.15, -0.1) is 0 Å². The molecule has 1 aromatic heterocycles. The first kappa shape index (κ1) is 27.0. The summed E-state index contributed by atoms with van der Waals surface area (Å²) in [7, 11) is 1.66. The minimum atomic E-state index is -1.20. The number of carbonyl (C=O) groups is 3. The molecule has 0 bridgehead atoms. The lowest BCUT2D eigenvalue weighted by Gasteiger charge is -2.29. The van der Waals surface area contributed by atoms with Gasteiger partial charge in [-0.05, 0) is 71.7 Å². The summed E-state index contributed by atoms with van der Waals surface area (Å²) < 4.78 is 5.65. The van der Waals surface area contributed by atoms with Crippen molar-refractivity contribution in [3.05, 3.63) is 57.5 Å². The van der Waals surface area contributed by atoms with E-state index in [4.69, 9.17) is 4.74 Å². The van der Waals surface area contributed by atoms with Gasteiger partial charge >= 0.3 is 6.09 Å². The first-order valence-electron chi connectivity index (χ1n) is 12.1. The molecule has 1 N–H and O–H groups in total. The maximum atomic E-state index is 13.2. The fourth-order valence-corrected chi connectivity index (χ4v) is 4.26. The Morgan fingerprint density at radius 2 is 1.69 bits per heavy atom. The van der Waals surface area contributed by atoms with Crippen LogP contribution >= 0.6 is 0 Å². The van der Waals surface area contributed by atoms with Crippen LogP contribution in [0.1, 0.15) is 58.4 Å². The van der Waals surface area contributed by atoms with Crippen molar-refractivity contribution in [1.82, 2.24) is 9.88 Å². The predicted molar refractivity (Wildman–Crippen MR) is 139 cm³/mol. The molecular formula is C27H36N4O5. The molecule has 3 rings (SSSR count). The molecule has 3 amide bonds. The summed E-state index contributed by atoms with van der Waals surface area (Å²) in [6.45, 7) is 13.2. The first-order chi connectivity index (χ1) is 16.7. The van der Waals surface area contributed by atoms with Crippen molar-refractivity contribution in [3.63, 3.8) is 0 Å². The summed E-state index contributed by atoms with van der Waals surface area (Å²) in [5.74, 6) is -0.549. The van der Waals surface area contributed by atoms with Gasteiger partial charge in [-0.25, -0.2) is 4.79 Å². The zero-order valence-corrected chi connectivity index (χ0v) is 22.4. The Balaban J connectivity index is 2.02. The van der Waals surface area contributed by atoms with E-state index in [9.17, 15) is 19.2 Å². The Morgan fingerprint density at radius 3 is 2.28 bits per heavy atom. The fraction of sp³-hybridized carbons (Fsp3) is 0.481. The lowest BCUT2D eigenvalue weighted by molar-refractivity contribution is -0.137. The van der Waals surface area contributed by atoms with E-state index in [1.807, 2.05) is 25.1 Å². The van der Waals surface area contributed by atoms with Gasteiger partial charge in [0.25, 0.3) is 0 Å². The largest absolute Gasteiger partial charge is 0.444 e. The third-order valence-corrected chi connectivity index (χ3v) is 6.24. The molecule has 0 fully saturated rings. The van der Waals surface area contributed by atoms with E-state index in [-0.39, 0.29) is 30.5 Å². The second-order valence-corrected chi connectivity index (χ2v) is 10.7. The second-order valence-electron chi connectivity index (χ2n) is 10.7. The average molecular weight is 497 g/mol. The van der Waals surface area contributed by atoms with Gasteiger partial charge < -0.3 is 19.5 Å². The predicted octanol–water partition coefficient (Wildman–Crippen LogP) is 3.98. The molecule has 0 atom stereocenters. The number of anilines is 2. The molecule has 2 heterocycles. The lowest BCUT2D eigenvalue weighted by atomic mass is 9.90. The molecule has 36 heavy (non-hydrogen) atoms. The van der Waals surface area contributed by atoms with Crippen LogP contribution in [-0.4, -0.2) is 47.0 Å². The molecule has 0 saturated heterocycles. The molecule has 0 aliphatic carbocycles. The van der Waals surface area contributed by atoms with Crippen molar-refractivity contribution < 1.29 is 19.1 Å². The molecule has 0 radical (unpaired) electrons. The number of carbonyl (C=O) groups excluding carboxylic acids is 3. The summed E-state index contributed by atoms with van der Waals surface area (Å²) in [6, 6.07) is 8.62. The van der Waals surface area contributed by atoms with E-state index in [1.165, 1.54) is 11.0 Å². The van der Waals surface area contributed by atoms with Crippen LogP contribution in [-0.2, 0) is 27.4 Å². The molecule has 0 spiro atoms. The van der Waals surface area contributed by atoms with E-state index >= 15 is 0 Å². The highest BCUT2D eigenvalue weighted by Crippen LogP contribution is 2.39. The third kappa shape index (κ3) is 5.45. The Bertz CT molecular complexity index is 1240. The zero-order valence-electron chi connectivity index (χ0n) is 22.4. The van der Waals surface area contributed by atoms with E-state index in [2.05, 4.69) is 4.98 Å². The summed E-state index contributed by atoms with van der Waals surface area (Å²) in [5.41, 5.74) is 1.36. The number of fused-ring (bicyclic) bond motifs is 1. The van der Waals surface area contributed by atoms with Gasteiger partial charge in [-0.2, -0.15) is 0 Å². The average Bonchev–Trinajstić information content (AvgIpc) is 2.83. The highest BCUT2D eigenvalue weighted by atomic mass is 16.6. The number of aryl methyl sites for hydroxylation is 1. The van der Waals surface area contributed by atoms with Gasteiger partial charge in [-0.1, -0.05) is 12.1 Å². The summed E-state index contributed by atoms with van der Waals surface area (Å²) >= 11 is 0. The highest BCUT2D eigenvalue weighted by molar-refractivity contribution is 6.19. The molecule has 1 aromatic carbocycles. The van der Waals surface area contributed by atoms with Gasteiger partial charge in [-0.3, -0.25) is 19.3 Å².